The van der Waals surface area contributed by atoms with Crippen LogP contribution in [0.2, 0.25) is 0 Å². The van der Waals surface area contributed by atoms with E-state index >= 15 is 0 Å². The molecule has 92 valence electrons. The van der Waals surface area contributed by atoms with Crippen molar-refractivity contribution in [3.05, 3.63) is 52.1 Å². The number of carbonyl (C=O) groups excluding carboxylic acids is 1. The van der Waals surface area contributed by atoms with E-state index in [4.69, 9.17) is 10.5 Å². The fourth-order valence-electron chi connectivity index (χ4n) is 1.39. The molecule has 0 fully saturated rings. The number of primary amides is 1. The zero-order chi connectivity index (χ0) is 13.1. The van der Waals surface area contributed by atoms with Gasteiger partial charge in [-0.25, -0.2) is 4.98 Å². The predicted octanol–water partition coefficient (Wildman–Crippen LogP) is 3.04. The average Bonchev–Trinajstić information content (AvgIpc) is 2.33. The number of hydrogen-bond acceptors (Lipinski definition) is 3. The van der Waals surface area contributed by atoms with Gasteiger partial charge in [-0.2, -0.15) is 0 Å². The Morgan fingerprint density at radius 2 is 2.00 bits per heavy atom. The number of pyridine rings is 1. The van der Waals surface area contributed by atoms with Crippen molar-refractivity contribution in [1.29, 1.82) is 0 Å². The number of aromatic nitrogens is 1. The number of carbonyl (C=O) groups is 1. The van der Waals surface area contributed by atoms with E-state index in [0.29, 0.717) is 17.2 Å². The molecule has 0 aliphatic rings. The number of hydrogen-bond donors (Lipinski definition) is 1. The van der Waals surface area contributed by atoms with Gasteiger partial charge in [0.05, 0.1) is 4.47 Å². The first kappa shape index (κ1) is 12.6. The maximum Gasteiger partial charge on any atom is 0.248 e. The van der Waals surface area contributed by atoms with Gasteiger partial charge < -0.3 is 10.5 Å². The lowest BCUT2D eigenvalue weighted by molar-refractivity contribution is 0.100. The van der Waals surface area contributed by atoms with Gasteiger partial charge in [0.15, 0.2) is 0 Å². The Labute approximate surface area is 113 Å². The van der Waals surface area contributed by atoms with Gasteiger partial charge in [-0.05, 0) is 58.7 Å². The zero-order valence-electron chi connectivity index (χ0n) is 9.68. The second-order valence-electron chi connectivity index (χ2n) is 3.79. The van der Waals surface area contributed by atoms with Gasteiger partial charge in [-0.15, -0.1) is 0 Å². The van der Waals surface area contributed by atoms with Crippen molar-refractivity contribution in [2.75, 3.05) is 0 Å². The summed E-state index contributed by atoms with van der Waals surface area (Å²) < 4.78 is 6.37. The summed E-state index contributed by atoms with van der Waals surface area (Å²) in [6.45, 7) is 1.95. The van der Waals surface area contributed by atoms with E-state index in [0.717, 1.165) is 10.0 Å². The first-order valence-corrected chi connectivity index (χ1v) is 6.05. The van der Waals surface area contributed by atoms with Gasteiger partial charge in [0.25, 0.3) is 0 Å². The van der Waals surface area contributed by atoms with Crippen molar-refractivity contribution in [2.45, 2.75) is 6.92 Å². The predicted molar refractivity (Wildman–Crippen MR) is 71.7 cm³/mol. The van der Waals surface area contributed by atoms with Crippen LogP contribution in [0.3, 0.4) is 0 Å². The van der Waals surface area contributed by atoms with Crippen LogP contribution in [-0.2, 0) is 0 Å². The summed E-state index contributed by atoms with van der Waals surface area (Å²) >= 11 is 3.38. The van der Waals surface area contributed by atoms with E-state index in [2.05, 4.69) is 20.9 Å². The number of amides is 1. The quantitative estimate of drug-likeness (QED) is 0.948. The summed E-state index contributed by atoms with van der Waals surface area (Å²) in [5.74, 6) is 0.612. The first-order chi connectivity index (χ1) is 8.56. The van der Waals surface area contributed by atoms with Crippen LogP contribution in [0.25, 0.3) is 0 Å². The van der Waals surface area contributed by atoms with Gasteiger partial charge in [0.1, 0.15) is 5.75 Å². The molecule has 0 radical (unpaired) electrons. The molecule has 4 nitrogen and oxygen atoms in total. The van der Waals surface area contributed by atoms with Gasteiger partial charge in [-0.3, -0.25) is 4.79 Å². The molecule has 5 heteroatoms. The van der Waals surface area contributed by atoms with Crippen LogP contribution < -0.4 is 10.5 Å². The maximum atomic E-state index is 10.9. The van der Waals surface area contributed by atoms with Crippen molar-refractivity contribution in [1.82, 2.24) is 4.98 Å². The molecule has 0 spiro atoms. The lowest BCUT2D eigenvalue weighted by Gasteiger charge is -2.07. The number of ether oxygens (including phenoxy) is 1. The molecule has 0 unspecified atom stereocenters. The molecule has 1 heterocycles. The average molecular weight is 307 g/mol. The minimum absolute atomic E-state index is 0.443. The highest BCUT2D eigenvalue weighted by Gasteiger charge is 2.05. The van der Waals surface area contributed by atoms with E-state index in [-0.39, 0.29) is 0 Å². The molecule has 0 atom stereocenters. The third kappa shape index (κ3) is 2.87. The maximum absolute atomic E-state index is 10.9. The molecule has 1 aromatic heterocycles. The van der Waals surface area contributed by atoms with Crippen LogP contribution in [0.1, 0.15) is 15.9 Å². The second kappa shape index (κ2) is 5.18. The lowest BCUT2D eigenvalue weighted by Crippen LogP contribution is -2.10. The van der Waals surface area contributed by atoms with Crippen molar-refractivity contribution >= 4 is 21.8 Å². The van der Waals surface area contributed by atoms with Gasteiger partial charge in [0, 0.05) is 11.8 Å². The summed E-state index contributed by atoms with van der Waals surface area (Å²) in [7, 11) is 0. The Bertz CT molecular complexity index is 582. The fraction of sp³-hybridized carbons (Fsp3) is 0.0769. The highest BCUT2D eigenvalue weighted by atomic mass is 79.9. The van der Waals surface area contributed by atoms with Crippen LogP contribution >= 0.6 is 15.9 Å². The first-order valence-electron chi connectivity index (χ1n) is 5.26. The van der Waals surface area contributed by atoms with Crippen molar-refractivity contribution in [3.63, 3.8) is 0 Å². The molecule has 2 rings (SSSR count). The molecule has 2 aromatic rings. The summed E-state index contributed by atoms with van der Waals surface area (Å²) in [5, 5.41) is 0. The number of nitrogens with zero attached hydrogens (tertiary/aromatic N) is 1. The van der Waals surface area contributed by atoms with Crippen molar-refractivity contribution in [3.8, 4) is 11.6 Å². The van der Waals surface area contributed by atoms with Crippen LogP contribution in [-0.4, -0.2) is 10.9 Å². The van der Waals surface area contributed by atoms with Crippen LogP contribution in [0, 0.1) is 6.92 Å². The number of halogens is 1. The molecule has 0 saturated heterocycles. The van der Waals surface area contributed by atoms with Gasteiger partial charge in [0.2, 0.25) is 11.8 Å². The third-order valence-electron chi connectivity index (χ3n) is 2.30. The fourth-order valence-corrected chi connectivity index (χ4v) is 1.94. The molecule has 0 aliphatic carbocycles. The summed E-state index contributed by atoms with van der Waals surface area (Å²) in [6, 6.07) is 8.49. The number of rotatable bonds is 3. The van der Waals surface area contributed by atoms with Gasteiger partial charge in [-0.1, -0.05) is 0 Å². The van der Waals surface area contributed by atoms with E-state index < -0.39 is 5.91 Å². The normalized spacial score (nSPS) is 10.1. The van der Waals surface area contributed by atoms with Gasteiger partial charge >= 0.3 is 0 Å². The van der Waals surface area contributed by atoms with E-state index in [1.165, 1.54) is 0 Å². The number of aryl methyl sites for hydroxylation is 1. The smallest absolute Gasteiger partial charge is 0.248 e. The largest absolute Gasteiger partial charge is 0.438 e. The molecule has 1 aromatic carbocycles. The topological polar surface area (TPSA) is 65.2 Å². The molecular formula is C13H11BrN2O2. The minimum atomic E-state index is -0.462. The van der Waals surface area contributed by atoms with Crippen LogP contribution in [0.5, 0.6) is 11.6 Å². The monoisotopic (exact) mass is 306 g/mol. The minimum Gasteiger partial charge on any atom is -0.438 e. The molecule has 0 aliphatic heterocycles. The Morgan fingerprint density at radius 1 is 1.33 bits per heavy atom. The molecule has 1 amide bonds. The summed E-state index contributed by atoms with van der Waals surface area (Å²) in [5.41, 5.74) is 6.64. The molecule has 2 N–H and O–H groups in total. The van der Waals surface area contributed by atoms with Crippen LogP contribution in [0.4, 0.5) is 0 Å². The molecule has 0 bridgehead atoms. The highest BCUT2D eigenvalue weighted by Crippen LogP contribution is 2.27. The van der Waals surface area contributed by atoms with Crippen molar-refractivity contribution < 1.29 is 9.53 Å². The summed E-state index contributed by atoms with van der Waals surface area (Å²) in [6.07, 6.45) is 1.72. The standard InChI is InChI=1S/C13H11BrN2O2/c1-8-6-11(14)13(16-7-8)18-10-4-2-9(3-5-10)12(15)17/h2-7H,1H3,(H2,15,17). The van der Waals surface area contributed by atoms with E-state index in [1.54, 1.807) is 30.5 Å². The Morgan fingerprint density at radius 3 is 2.56 bits per heavy atom. The highest BCUT2D eigenvalue weighted by molar-refractivity contribution is 9.10. The molecule has 0 saturated carbocycles. The van der Waals surface area contributed by atoms with Crippen LogP contribution in [0.15, 0.2) is 41.0 Å². The Balaban J connectivity index is 2.21. The Kier molecular flexibility index (Phi) is 3.62. The second-order valence-corrected chi connectivity index (χ2v) is 4.64. The summed E-state index contributed by atoms with van der Waals surface area (Å²) in [4.78, 5) is 15.1. The zero-order valence-corrected chi connectivity index (χ0v) is 11.3. The Hall–Kier alpha value is -1.88. The van der Waals surface area contributed by atoms with Crippen molar-refractivity contribution in [2.24, 2.45) is 5.73 Å². The van der Waals surface area contributed by atoms with E-state index in [9.17, 15) is 4.79 Å². The van der Waals surface area contributed by atoms with E-state index in [1.807, 2.05) is 13.0 Å². The molecular weight excluding hydrogens is 296 g/mol. The molecule has 18 heavy (non-hydrogen) atoms. The SMILES string of the molecule is Cc1cnc(Oc2ccc(C(N)=O)cc2)c(Br)c1. The number of nitrogens with two attached hydrogens (primary N) is 1. The lowest BCUT2D eigenvalue weighted by atomic mass is 10.2. The third-order valence-corrected chi connectivity index (χ3v) is 2.87. The number of benzene rings is 1.